The van der Waals surface area contributed by atoms with E-state index in [0.29, 0.717) is 36.8 Å². The molecule has 92 valence electrons. The molecule has 3 nitrogen and oxygen atoms in total. The van der Waals surface area contributed by atoms with Crippen LogP contribution in [0.15, 0.2) is 0 Å². The number of hydrogen-bond donors (Lipinski definition) is 1. The molecular weight excluding hydrogens is 272 g/mol. The molecule has 16 heavy (non-hydrogen) atoms. The van der Waals surface area contributed by atoms with Crippen molar-refractivity contribution in [2.45, 2.75) is 56.8 Å². The lowest BCUT2D eigenvalue weighted by Crippen LogP contribution is -2.61. The SMILES string of the molecule is CC1(C)O[C@]2(CBr)CCC(=O)C[C@H]1C[C@@H]2O. The predicted molar refractivity (Wildman–Crippen MR) is 64.7 cm³/mol. The molecule has 0 unspecified atom stereocenters. The fraction of sp³-hybridized carbons (Fsp3) is 0.917. The molecule has 1 saturated carbocycles. The summed E-state index contributed by atoms with van der Waals surface area (Å²) < 4.78 is 6.13. The summed E-state index contributed by atoms with van der Waals surface area (Å²) in [5, 5.41) is 10.8. The molecular formula is C12H19BrO3. The maximum atomic E-state index is 11.7. The number of aliphatic hydroxyl groups is 1. The largest absolute Gasteiger partial charge is 0.390 e. The highest BCUT2D eigenvalue weighted by atomic mass is 79.9. The zero-order valence-electron chi connectivity index (χ0n) is 9.83. The van der Waals surface area contributed by atoms with E-state index >= 15 is 0 Å². The van der Waals surface area contributed by atoms with Crippen LogP contribution >= 0.6 is 15.9 Å². The van der Waals surface area contributed by atoms with Gasteiger partial charge in [0.25, 0.3) is 0 Å². The number of alkyl halides is 1. The summed E-state index contributed by atoms with van der Waals surface area (Å²) in [6.07, 6.45) is 1.90. The molecule has 3 aliphatic rings. The number of hydrogen-bond acceptors (Lipinski definition) is 3. The van der Waals surface area contributed by atoms with E-state index in [0.717, 1.165) is 0 Å². The molecule has 2 bridgehead atoms. The first kappa shape index (κ1) is 12.5. The Morgan fingerprint density at radius 1 is 1.56 bits per heavy atom. The van der Waals surface area contributed by atoms with E-state index in [1.54, 1.807) is 0 Å². The Kier molecular flexibility index (Phi) is 3.19. The van der Waals surface area contributed by atoms with Gasteiger partial charge in [-0.3, -0.25) is 4.79 Å². The highest BCUT2D eigenvalue weighted by molar-refractivity contribution is 9.09. The van der Waals surface area contributed by atoms with Crippen molar-refractivity contribution in [3.05, 3.63) is 0 Å². The van der Waals surface area contributed by atoms with Crippen LogP contribution in [0.2, 0.25) is 0 Å². The van der Waals surface area contributed by atoms with E-state index < -0.39 is 11.7 Å². The average Bonchev–Trinajstić information content (AvgIpc) is 2.19. The molecule has 3 fully saturated rings. The van der Waals surface area contributed by atoms with Crippen LogP contribution in [0.3, 0.4) is 0 Å². The lowest BCUT2D eigenvalue weighted by atomic mass is 9.71. The molecule has 3 atom stereocenters. The normalized spacial score (nSPS) is 42.9. The molecule has 0 radical (unpaired) electrons. The van der Waals surface area contributed by atoms with Gasteiger partial charge in [-0.05, 0) is 32.6 Å². The number of fused-ring (bicyclic) bond motifs is 5. The van der Waals surface area contributed by atoms with Gasteiger partial charge in [-0.25, -0.2) is 0 Å². The Bertz CT molecular complexity index is 303. The number of halogens is 1. The van der Waals surface area contributed by atoms with E-state index in [9.17, 15) is 9.90 Å². The van der Waals surface area contributed by atoms with Crippen LogP contribution in [0, 0.1) is 5.92 Å². The Morgan fingerprint density at radius 3 is 2.88 bits per heavy atom. The number of carbonyl (C=O) groups is 1. The Balaban J connectivity index is 2.34. The van der Waals surface area contributed by atoms with Gasteiger partial charge in [0, 0.05) is 18.2 Å². The second-order valence-electron chi connectivity index (χ2n) is 5.60. The number of rotatable bonds is 1. The first-order valence-corrected chi connectivity index (χ1v) is 6.98. The summed E-state index contributed by atoms with van der Waals surface area (Å²) in [6, 6.07) is 0. The third-order valence-electron chi connectivity index (χ3n) is 4.09. The van der Waals surface area contributed by atoms with Crippen molar-refractivity contribution >= 4 is 21.7 Å². The number of aliphatic hydroxyl groups excluding tert-OH is 1. The van der Waals surface area contributed by atoms with Gasteiger partial charge in [-0.1, -0.05) is 15.9 Å². The topological polar surface area (TPSA) is 46.5 Å². The lowest BCUT2D eigenvalue weighted by Gasteiger charge is -2.53. The maximum absolute atomic E-state index is 11.7. The van der Waals surface area contributed by atoms with Crippen LogP contribution in [-0.2, 0) is 9.53 Å². The molecule has 1 N–H and O–H groups in total. The van der Waals surface area contributed by atoms with Gasteiger partial charge in [-0.15, -0.1) is 0 Å². The summed E-state index contributed by atoms with van der Waals surface area (Å²) in [4.78, 5) is 11.7. The molecule has 3 rings (SSSR count). The predicted octanol–water partition coefficient (Wildman–Crippen LogP) is 2.05. The van der Waals surface area contributed by atoms with Gasteiger partial charge >= 0.3 is 0 Å². The van der Waals surface area contributed by atoms with E-state index in [4.69, 9.17) is 4.74 Å². The number of carbonyl (C=O) groups excluding carboxylic acids is 1. The van der Waals surface area contributed by atoms with Crippen molar-refractivity contribution in [1.82, 2.24) is 0 Å². The van der Waals surface area contributed by atoms with Gasteiger partial charge in [0.15, 0.2) is 0 Å². The van der Waals surface area contributed by atoms with Crippen molar-refractivity contribution < 1.29 is 14.6 Å². The smallest absolute Gasteiger partial charge is 0.133 e. The van der Waals surface area contributed by atoms with Crippen molar-refractivity contribution in [1.29, 1.82) is 0 Å². The number of ether oxygens (including phenoxy) is 1. The fourth-order valence-corrected chi connectivity index (χ4v) is 3.67. The molecule has 0 aromatic heterocycles. The molecule has 0 amide bonds. The molecule has 2 saturated heterocycles. The standard InChI is InChI=1S/C12H19BrO3/c1-11(2)8-5-9(14)3-4-12(7-13,16-11)10(15)6-8/h8,10,15H,3-7H2,1-2H3/t8-,10-,12-/m0/s1. The summed E-state index contributed by atoms with van der Waals surface area (Å²) in [5.74, 6) is 0.445. The van der Waals surface area contributed by atoms with Crippen molar-refractivity contribution in [3.8, 4) is 0 Å². The molecule has 1 aliphatic carbocycles. The second kappa shape index (κ2) is 4.07. The first-order chi connectivity index (χ1) is 7.39. The third kappa shape index (κ3) is 1.95. The summed E-state index contributed by atoms with van der Waals surface area (Å²) in [6.45, 7) is 4.05. The molecule has 0 aromatic rings. The van der Waals surface area contributed by atoms with Crippen LogP contribution in [-0.4, -0.2) is 33.5 Å². The van der Waals surface area contributed by atoms with Gasteiger partial charge in [0.1, 0.15) is 11.4 Å². The molecule has 0 spiro atoms. The zero-order chi connectivity index (χ0) is 12.0. The van der Waals surface area contributed by atoms with Crippen molar-refractivity contribution in [2.24, 2.45) is 5.92 Å². The minimum Gasteiger partial charge on any atom is -0.390 e. The fourth-order valence-electron chi connectivity index (χ4n) is 2.90. The highest BCUT2D eigenvalue weighted by Crippen LogP contribution is 2.46. The molecule has 4 heteroatoms. The van der Waals surface area contributed by atoms with E-state index in [-0.39, 0.29) is 11.5 Å². The van der Waals surface area contributed by atoms with Crippen LogP contribution in [0.1, 0.15) is 39.5 Å². The average molecular weight is 291 g/mol. The summed E-state index contributed by atoms with van der Waals surface area (Å²) >= 11 is 3.43. The van der Waals surface area contributed by atoms with Crippen molar-refractivity contribution in [3.63, 3.8) is 0 Å². The minimum atomic E-state index is -0.573. The molecule has 2 aliphatic heterocycles. The summed E-state index contributed by atoms with van der Waals surface area (Å²) in [7, 11) is 0. The lowest BCUT2D eigenvalue weighted by molar-refractivity contribution is -0.245. The highest BCUT2D eigenvalue weighted by Gasteiger charge is 2.52. The van der Waals surface area contributed by atoms with E-state index in [1.165, 1.54) is 0 Å². The zero-order valence-corrected chi connectivity index (χ0v) is 11.4. The Morgan fingerprint density at radius 2 is 2.25 bits per heavy atom. The minimum absolute atomic E-state index is 0.141. The van der Waals surface area contributed by atoms with Crippen LogP contribution in [0.5, 0.6) is 0 Å². The van der Waals surface area contributed by atoms with Crippen LogP contribution in [0.25, 0.3) is 0 Å². The maximum Gasteiger partial charge on any atom is 0.133 e. The number of Topliss-reactive ketones (excluding diaryl/α,β-unsaturated/α-hetero) is 1. The Hall–Kier alpha value is 0.0700. The summed E-state index contributed by atoms with van der Waals surface area (Å²) in [5.41, 5.74) is -0.890. The van der Waals surface area contributed by atoms with Gasteiger partial charge in [0.2, 0.25) is 0 Å². The van der Waals surface area contributed by atoms with E-state index in [1.807, 2.05) is 13.8 Å². The van der Waals surface area contributed by atoms with Gasteiger partial charge in [-0.2, -0.15) is 0 Å². The third-order valence-corrected chi connectivity index (χ3v) is 5.04. The Labute approximate surface area is 105 Å². The van der Waals surface area contributed by atoms with Crippen LogP contribution < -0.4 is 0 Å². The van der Waals surface area contributed by atoms with Crippen LogP contribution in [0.4, 0.5) is 0 Å². The van der Waals surface area contributed by atoms with Crippen molar-refractivity contribution in [2.75, 3.05) is 5.33 Å². The van der Waals surface area contributed by atoms with Gasteiger partial charge < -0.3 is 9.84 Å². The monoisotopic (exact) mass is 290 g/mol. The number of ketones is 1. The second-order valence-corrected chi connectivity index (χ2v) is 6.16. The molecule has 0 aromatic carbocycles. The van der Waals surface area contributed by atoms with E-state index in [2.05, 4.69) is 15.9 Å². The first-order valence-electron chi connectivity index (χ1n) is 5.85. The quantitative estimate of drug-likeness (QED) is 0.752. The van der Waals surface area contributed by atoms with Gasteiger partial charge in [0.05, 0.1) is 11.7 Å². The molecule has 2 heterocycles.